The van der Waals surface area contributed by atoms with Crippen LogP contribution >= 0.6 is 11.6 Å². The summed E-state index contributed by atoms with van der Waals surface area (Å²) in [5.41, 5.74) is 5.35. The number of hydrogen-bond donors (Lipinski definition) is 3. The number of nitrogen functional groups attached to an aromatic ring is 1. The Balaban J connectivity index is 2.06. The maximum absolute atomic E-state index is 12.1. The summed E-state index contributed by atoms with van der Waals surface area (Å²) in [6.45, 7) is 0.815. The van der Waals surface area contributed by atoms with E-state index < -0.39 is 17.3 Å². The van der Waals surface area contributed by atoms with Crippen LogP contribution in [0.5, 0.6) is 0 Å². The number of nitrogens with two attached hydrogens (primary N) is 1. The van der Waals surface area contributed by atoms with Crippen molar-refractivity contribution in [3.8, 4) is 0 Å². The van der Waals surface area contributed by atoms with Crippen LogP contribution in [0.2, 0.25) is 5.02 Å². The molecule has 21 heavy (non-hydrogen) atoms. The number of carbonyl (C=O) groups excluding carboxylic acids is 1. The Labute approximate surface area is 127 Å². The SMILES string of the molecule is Nc1cc(Cl)cc(C(=O)NCC2(C(=O)O)CCOCC2)c1. The minimum Gasteiger partial charge on any atom is -0.481 e. The van der Waals surface area contributed by atoms with Gasteiger partial charge in [-0.1, -0.05) is 11.6 Å². The van der Waals surface area contributed by atoms with Gasteiger partial charge in [0.2, 0.25) is 0 Å². The van der Waals surface area contributed by atoms with Gasteiger partial charge in [-0.3, -0.25) is 9.59 Å². The second kappa shape index (κ2) is 6.32. The quantitative estimate of drug-likeness (QED) is 0.732. The third-order valence-corrected chi connectivity index (χ3v) is 3.89. The van der Waals surface area contributed by atoms with Crippen LogP contribution in [0.1, 0.15) is 23.2 Å². The minimum atomic E-state index is -0.974. The highest BCUT2D eigenvalue weighted by atomic mass is 35.5. The smallest absolute Gasteiger partial charge is 0.311 e. The molecule has 6 nitrogen and oxygen atoms in total. The van der Waals surface area contributed by atoms with Gasteiger partial charge in [-0.2, -0.15) is 0 Å². The molecule has 1 aliphatic rings. The molecule has 1 heterocycles. The molecular weight excluding hydrogens is 296 g/mol. The van der Waals surface area contributed by atoms with E-state index in [1.54, 1.807) is 0 Å². The maximum Gasteiger partial charge on any atom is 0.311 e. The van der Waals surface area contributed by atoms with Crippen LogP contribution in [-0.4, -0.2) is 36.7 Å². The molecule has 1 saturated heterocycles. The topological polar surface area (TPSA) is 102 Å². The molecule has 1 fully saturated rings. The zero-order chi connectivity index (χ0) is 15.5. The van der Waals surface area contributed by atoms with Crippen LogP contribution < -0.4 is 11.1 Å². The third-order valence-electron chi connectivity index (χ3n) is 3.67. The van der Waals surface area contributed by atoms with E-state index >= 15 is 0 Å². The van der Waals surface area contributed by atoms with E-state index in [0.717, 1.165) is 0 Å². The summed E-state index contributed by atoms with van der Waals surface area (Å²) in [5, 5.41) is 12.4. The molecule has 114 valence electrons. The number of benzene rings is 1. The molecule has 1 aromatic carbocycles. The number of anilines is 1. The zero-order valence-corrected chi connectivity index (χ0v) is 12.2. The lowest BCUT2D eigenvalue weighted by molar-refractivity contribution is -0.154. The lowest BCUT2D eigenvalue weighted by Crippen LogP contribution is -2.46. The predicted octanol–water partition coefficient (Wildman–Crippen LogP) is 1.53. The molecule has 0 unspecified atom stereocenters. The summed E-state index contributed by atoms with van der Waals surface area (Å²) in [6.07, 6.45) is 0.751. The van der Waals surface area contributed by atoms with Crippen molar-refractivity contribution >= 4 is 29.2 Å². The van der Waals surface area contributed by atoms with Crippen molar-refractivity contribution in [1.29, 1.82) is 0 Å². The van der Waals surface area contributed by atoms with E-state index in [2.05, 4.69) is 5.32 Å². The van der Waals surface area contributed by atoms with Crippen molar-refractivity contribution in [3.05, 3.63) is 28.8 Å². The summed E-state index contributed by atoms with van der Waals surface area (Å²) in [7, 11) is 0. The van der Waals surface area contributed by atoms with Gasteiger partial charge in [-0.25, -0.2) is 0 Å². The second-order valence-electron chi connectivity index (χ2n) is 5.15. The highest BCUT2D eigenvalue weighted by Gasteiger charge is 2.40. The maximum atomic E-state index is 12.1. The van der Waals surface area contributed by atoms with Crippen LogP contribution in [0.4, 0.5) is 5.69 Å². The first-order valence-electron chi connectivity index (χ1n) is 6.58. The molecule has 1 aromatic rings. The Hall–Kier alpha value is -1.79. The third kappa shape index (κ3) is 3.65. The van der Waals surface area contributed by atoms with Crippen molar-refractivity contribution in [2.45, 2.75) is 12.8 Å². The molecule has 0 bridgehead atoms. The summed E-state index contributed by atoms with van der Waals surface area (Å²) in [4.78, 5) is 23.6. The fourth-order valence-electron chi connectivity index (χ4n) is 2.32. The summed E-state index contributed by atoms with van der Waals surface area (Å²) >= 11 is 5.85. The Morgan fingerprint density at radius 3 is 2.57 bits per heavy atom. The van der Waals surface area contributed by atoms with Crippen LogP contribution in [0, 0.1) is 5.41 Å². The number of carboxylic acid groups (broad SMARTS) is 1. The van der Waals surface area contributed by atoms with Crippen molar-refractivity contribution in [1.82, 2.24) is 5.32 Å². The molecule has 2 rings (SSSR count). The molecule has 0 aliphatic carbocycles. The number of carboxylic acids is 1. The van der Waals surface area contributed by atoms with E-state index in [-0.39, 0.29) is 6.54 Å². The predicted molar refractivity (Wildman–Crippen MR) is 78.3 cm³/mol. The molecular formula is C14H17ClN2O4. The van der Waals surface area contributed by atoms with Crippen molar-refractivity contribution in [3.63, 3.8) is 0 Å². The number of nitrogens with one attached hydrogen (secondary N) is 1. The van der Waals surface area contributed by atoms with Gasteiger partial charge in [0, 0.05) is 36.0 Å². The largest absolute Gasteiger partial charge is 0.481 e. The Bertz CT molecular complexity index is 536. The molecule has 0 atom stereocenters. The van der Waals surface area contributed by atoms with E-state index in [0.29, 0.717) is 42.3 Å². The van der Waals surface area contributed by atoms with E-state index in [1.165, 1.54) is 18.2 Å². The van der Waals surface area contributed by atoms with Gasteiger partial charge in [-0.15, -0.1) is 0 Å². The monoisotopic (exact) mass is 312 g/mol. The second-order valence-corrected chi connectivity index (χ2v) is 5.59. The first kappa shape index (κ1) is 15.6. The number of carbonyl (C=O) groups is 2. The minimum absolute atomic E-state index is 0.0525. The highest BCUT2D eigenvalue weighted by molar-refractivity contribution is 6.31. The first-order valence-corrected chi connectivity index (χ1v) is 6.96. The molecule has 0 saturated carbocycles. The summed E-state index contributed by atoms with van der Waals surface area (Å²) in [5.74, 6) is -1.31. The van der Waals surface area contributed by atoms with Gasteiger partial charge in [0.05, 0.1) is 5.41 Å². The number of ether oxygens (including phenoxy) is 1. The van der Waals surface area contributed by atoms with Gasteiger partial charge in [0.15, 0.2) is 0 Å². The highest BCUT2D eigenvalue weighted by Crippen LogP contribution is 2.30. The number of rotatable bonds is 4. The average Bonchev–Trinajstić information content (AvgIpc) is 2.44. The molecule has 1 amide bonds. The van der Waals surface area contributed by atoms with Crippen molar-refractivity contribution in [2.24, 2.45) is 5.41 Å². The van der Waals surface area contributed by atoms with Gasteiger partial charge >= 0.3 is 5.97 Å². The van der Waals surface area contributed by atoms with Crippen LogP contribution in [0.15, 0.2) is 18.2 Å². The van der Waals surface area contributed by atoms with Crippen LogP contribution in [0.25, 0.3) is 0 Å². The Kier molecular flexibility index (Phi) is 4.69. The normalized spacial score (nSPS) is 17.2. The lowest BCUT2D eigenvalue weighted by Gasteiger charge is -2.33. The van der Waals surface area contributed by atoms with Crippen molar-refractivity contribution in [2.75, 3.05) is 25.5 Å². The molecule has 0 radical (unpaired) electrons. The van der Waals surface area contributed by atoms with Crippen LogP contribution in [-0.2, 0) is 9.53 Å². The Morgan fingerprint density at radius 2 is 2.00 bits per heavy atom. The summed E-state index contributed by atoms with van der Waals surface area (Å²) < 4.78 is 5.19. The van der Waals surface area contributed by atoms with E-state index in [4.69, 9.17) is 22.1 Å². The standard InChI is InChI=1S/C14H17ClN2O4/c15-10-5-9(6-11(16)7-10)12(18)17-8-14(13(19)20)1-3-21-4-2-14/h5-7H,1-4,8,16H2,(H,17,18)(H,19,20). The summed E-state index contributed by atoms with van der Waals surface area (Å²) in [6, 6.07) is 4.53. The zero-order valence-electron chi connectivity index (χ0n) is 11.4. The lowest BCUT2D eigenvalue weighted by atomic mass is 9.80. The fourth-order valence-corrected chi connectivity index (χ4v) is 2.57. The number of amides is 1. The van der Waals surface area contributed by atoms with E-state index in [1.807, 2.05) is 0 Å². The molecule has 7 heteroatoms. The van der Waals surface area contributed by atoms with Gasteiger partial charge in [-0.05, 0) is 31.0 Å². The molecule has 4 N–H and O–H groups in total. The average molecular weight is 313 g/mol. The van der Waals surface area contributed by atoms with E-state index in [9.17, 15) is 14.7 Å². The van der Waals surface area contributed by atoms with Gasteiger partial charge in [0.25, 0.3) is 5.91 Å². The molecule has 0 aromatic heterocycles. The molecule has 0 spiro atoms. The van der Waals surface area contributed by atoms with Crippen LogP contribution in [0.3, 0.4) is 0 Å². The first-order chi connectivity index (χ1) is 9.93. The fraction of sp³-hybridized carbons (Fsp3) is 0.429. The van der Waals surface area contributed by atoms with Crippen molar-refractivity contribution < 1.29 is 19.4 Å². The number of hydrogen-bond acceptors (Lipinski definition) is 4. The molecule has 1 aliphatic heterocycles. The van der Waals surface area contributed by atoms with Gasteiger partial charge in [0.1, 0.15) is 0 Å². The number of halogens is 1. The number of aliphatic carboxylic acids is 1. The Morgan fingerprint density at radius 1 is 1.33 bits per heavy atom. The van der Waals surface area contributed by atoms with Gasteiger partial charge < -0.3 is 20.9 Å².